The summed E-state index contributed by atoms with van der Waals surface area (Å²) in [4.78, 5) is 39.7. The van der Waals surface area contributed by atoms with E-state index in [2.05, 4.69) is 15.2 Å². The van der Waals surface area contributed by atoms with Crippen molar-refractivity contribution in [1.82, 2.24) is 24.3 Å². The van der Waals surface area contributed by atoms with Crippen molar-refractivity contribution >= 4 is 23.4 Å². The van der Waals surface area contributed by atoms with E-state index in [0.717, 1.165) is 30.2 Å². The number of anilines is 1. The summed E-state index contributed by atoms with van der Waals surface area (Å²) in [6, 6.07) is 15.7. The van der Waals surface area contributed by atoms with Crippen molar-refractivity contribution in [2.75, 3.05) is 11.5 Å². The highest BCUT2D eigenvalue weighted by molar-refractivity contribution is 7.99. The number of nitrogens with zero attached hydrogens (tertiary/aromatic N) is 4. The molecule has 0 saturated heterocycles. The third-order valence-corrected chi connectivity index (χ3v) is 6.69. The van der Waals surface area contributed by atoms with Gasteiger partial charge in [0, 0.05) is 6.04 Å². The van der Waals surface area contributed by atoms with E-state index in [4.69, 9.17) is 5.73 Å². The first kappa shape index (κ1) is 22.8. The summed E-state index contributed by atoms with van der Waals surface area (Å²) in [5, 5.41) is 8.76. The van der Waals surface area contributed by atoms with Gasteiger partial charge in [-0.1, -0.05) is 54.2 Å². The number of aromatic nitrogens is 5. The van der Waals surface area contributed by atoms with Gasteiger partial charge in [-0.2, -0.15) is 0 Å². The van der Waals surface area contributed by atoms with Crippen LogP contribution in [0.3, 0.4) is 0 Å². The van der Waals surface area contributed by atoms with E-state index in [-0.39, 0.29) is 28.7 Å². The summed E-state index contributed by atoms with van der Waals surface area (Å²) in [5.74, 6) is -0.945. The highest BCUT2D eigenvalue weighted by Gasteiger charge is 2.30. The van der Waals surface area contributed by atoms with Crippen LogP contribution >= 0.6 is 11.8 Å². The molecule has 2 heterocycles. The predicted molar refractivity (Wildman–Crippen MR) is 130 cm³/mol. The van der Waals surface area contributed by atoms with Gasteiger partial charge in [0.15, 0.2) is 16.8 Å². The van der Waals surface area contributed by atoms with E-state index < -0.39 is 22.8 Å². The molecule has 0 aliphatic heterocycles. The number of nitrogens with two attached hydrogens (primary N) is 1. The average Bonchev–Trinajstić information content (AvgIpc) is 3.59. The molecule has 3 N–H and O–H groups in total. The van der Waals surface area contributed by atoms with Crippen LogP contribution in [0.25, 0.3) is 11.4 Å². The number of ketones is 1. The van der Waals surface area contributed by atoms with Gasteiger partial charge in [0.1, 0.15) is 17.2 Å². The van der Waals surface area contributed by atoms with Gasteiger partial charge in [0.25, 0.3) is 5.56 Å². The fraction of sp³-hybridized carbons (Fsp3) is 0.208. The number of carbonyl (C=O) groups is 1. The fourth-order valence-electron chi connectivity index (χ4n) is 3.88. The van der Waals surface area contributed by atoms with Crippen LogP contribution < -0.4 is 17.0 Å². The Kier molecular flexibility index (Phi) is 6.08. The van der Waals surface area contributed by atoms with Gasteiger partial charge >= 0.3 is 5.69 Å². The van der Waals surface area contributed by atoms with Gasteiger partial charge in [-0.05, 0) is 30.5 Å². The van der Waals surface area contributed by atoms with Gasteiger partial charge in [-0.3, -0.25) is 23.7 Å². The van der Waals surface area contributed by atoms with Crippen molar-refractivity contribution in [3.8, 4) is 11.4 Å². The first-order valence-corrected chi connectivity index (χ1v) is 11.9. The van der Waals surface area contributed by atoms with Crippen LogP contribution in [-0.2, 0) is 6.54 Å². The van der Waals surface area contributed by atoms with E-state index >= 15 is 0 Å². The molecule has 0 spiro atoms. The zero-order chi connectivity index (χ0) is 24.5. The zero-order valence-corrected chi connectivity index (χ0v) is 19.3. The smallest absolute Gasteiger partial charge is 0.330 e. The molecule has 5 rings (SSSR count). The Morgan fingerprint density at radius 2 is 1.80 bits per heavy atom. The van der Waals surface area contributed by atoms with Crippen molar-refractivity contribution in [3.63, 3.8) is 0 Å². The molecule has 1 saturated carbocycles. The Balaban J connectivity index is 1.47. The summed E-state index contributed by atoms with van der Waals surface area (Å²) in [6.45, 7) is 0.351. The second-order valence-electron chi connectivity index (χ2n) is 8.19. The minimum atomic E-state index is -0.812. The molecule has 1 aliphatic carbocycles. The van der Waals surface area contributed by atoms with Crippen LogP contribution in [0.2, 0.25) is 0 Å². The molecule has 35 heavy (non-hydrogen) atoms. The molecule has 0 atom stereocenters. The highest BCUT2D eigenvalue weighted by Crippen LogP contribution is 2.35. The van der Waals surface area contributed by atoms with Gasteiger partial charge in [-0.15, -0.1) is 10.2 Å². The quantitative estimate of drug-likeness (QED) is 0.286. The zero-order valence-electron chi connectivity index (χ0n) is 18.5. The number of nitrogens with one attached hydrogen (secondary N) is 1. The molecule has 2 aromatic carbocycles. The number of halogens is 1. The van der Waals surface area contributed by atoms with E-state index in [1.165, 1.54) is 10.6 Å². The van der Waals surface area contributed by atoms with Crippen LogP contribution in [-0.4, -0.2) is 35.9 Å². The Hall–Kier alpha value is -3.99. The molecule has 0 unspecified atom stereocenters. The Morgan fingerprint density at radius 1 is 1.09 bits per heavy atom. The predicted octanol–water partition coefficient (Wildman–Crippen LogP) is 2.87. The maximum absolute atomic E-state index is 14.5. The largest absolute Gasteiger partial charge is 0.384 e. The molecular formula is C24H21FN6O3S. The number of benzene rings is 2. The molecule has 4 aromatic rings. The van der Waals surface area contributed by atoms with Crippen molar-refractivity contribution in [2.45, 2.75) is 30.6 Å². The lowest BCUT2D eigenvalue weighted by molar-refractivity contribution is 0.102. The number of H-pyrrole nitrogens is 1. The summed E-state index contributed by atoms with van der Waals surface area (Å²) in [5.41, 5.74) is 5.62. The number of Topliss-reactive ketones (excluding diaryl/α,β-unsaturated/α-hetero) is 1. The van der Waals surface area contributed by atoms with Crippen molar-refractivity contribution in [1.29, 1.82) is 0 Å². The summed E-state index contributed by atoms with van der Waals surface area (Å²) < 4.78 is 17.5. The van der Waals surface area contributed by atoms with Crippen LogP contribution in [0.1, 0.15) is 34.8 Å². The van der Waals surface area contributed by atoms with E-state index in [1.54, 1.807) is 22.8 Å². The minimum absolute atomic E-state index is 0.101. The summed E-state index contributed by atoms with van der Waals surface area (Å²) >= 11 is 1.06. The molecular weight excluding hydrogens is 471 g/mol. The lowest BCUT2D eigenvalue weighted by Crippen LogP contribution is -2.36. The van der Waals surface area contributed by atoms with Crippen molar-refractivity contribution < 1.29 is 9.18 Å². The molecule has 0 amide bonds. The number of nitrogen functional groups attached to an aromatic ring is 1. The van der Waals surface area contributed by atoms with Gasteiger partial charge in [0.05, 0.1) is 17.9 Å². The molecule has 0 radical (unpaired) electrons. The van der Waals surface area contributed by atoms with Gasteiger partial charge in [0.2, 0.25) is 0 Å². The highest BCUT2D eigenvalue weighted by atomic mass is 32.2. The number of hydrogen-bond donors (Lipinski definition) is 2. The SMILES string of the molecule is Nc1c(C(=O)CSc2nnc(-c3ccccc3F)n2Cc2ccccc2)c(=O)[nH]c(=O)n1C1CC1. The third kappa shape index (κ3) is 4.54. The van der Waals surface area contributed by atoms with Crippen molar-refractivity contribution in [3.05, 3.63) is 92.4 Å². The Bertz CT molecular complexity index is 1520. The molecule has 1 fully saturated rings. The summed E-state index contributed by atoms with van der Waals surface area (Å²) in [7, 11) is 0. The molecule has 11 heteroatoms. The third-order valence-electron chi connectivity index (χ3n) is 5.72. The number of rotatable bonds is 8. The van der Waals surface area contributed by atoms with Crippen LogP contribution in [0.15, 0.2) is 69.3 Å². The van der Waals surface area contributed by atoms with Crippen LogP contribution in [0.4, 0.5) is 10.2 Å². The van der Waals surface area contributed by atoms with E-state index in [9.17, 15) is 18.8 Å². The number of carbonyl (C=O) groups excluding carboxylic acids is 1. The van der Waals surface area contributed by atoms with E-state index in [0.29, 0.717) is 17.5 Å². The van der Waals surface area contributed by atoms with Gasteiger partial charge < -0.3 is 5.73 Å². The average molecular weight is 493 g/mol. The lowest BCUT2D eigenvalue weighted by atomic mass is 10.2. The summed E-state index contributed by atoms with van der Waals surface area (Å²) in [6.07, 6.45) is 1.53. The molecule has 1 aliphatic rings. The Labute approximate surface area is 202 Å². The minimum Gasteiger partial charge on any atom is -0.384 e. The number of aromatic amines is 1. The van der Waals surface area contributed by atoms with Crippen molar-refractivity contribution in [2.24, 2.45) is 0 Å². The fourth-order valence-corrected chi connectivity index (χ4v) is 4.69. The Morgan fingerprint density at radius 3 is 2.51 bits per heavy atom. The van der Waals surface area contributed by atoms with Crippen LogP contribution in [0, 0.1) is 5.82 Å². The molecule has 178 valence electrons. The normalized spacial score (nSPS) is 13.2. The molecule has 0 bridgehead atoms. The molecule has 9 nitrogen and oxygen atoms in total. The second-order valence-corrected chi connectivity index (χ2v) is 9.13. The first-order chi connectivity index (χ1) is 16.9. The number of thioether (sulfide) groups is 1. The maximum atomic E-state index is 14.5. The van der Waals surface area contributed by atoms with Gasteiger partial charge in [-0.25, -0.2) is 9.18 Å². The number of hydrogen-bond acceptors (Lipinski definition) is 7. The maximum Gasteiger partial charge on any atom is 0.330 e. The first-order valence-electron chi connectivity index (χ1n) is 11.0. The molecule has 2 aromatic heterocycles. The topological polar surface area (TPSA) is 129 Å². The monoisotopic (exact) mass is 492 g/mol. The van der Waals surface area contributed by atoms with Crippen LogP contribution in [0.5, 0.6) is 0 Å². The van der Waals surface area contributed by atoms with E-state index in [1.807, 2.05) is 30.3 Å². The standard InChI is InChI=1S/C24H21FN6O3S/c25-17-9-5-4-8-16(17)21-28-29-24(30(21)12-14-6-2-1-3-7-14)35-13-18(32)19-20(26)31(15-10-11-15)23(34)27-22(19)33/h1-9,15H,10-13,26H2,(H,27,33,34). The second kappa shape index (κ2) is 9.34. The lowest BCUT2D eigenvalue weighted by Gasteiger charge is -2.12.